The van der Waals surface area contributed by atoms with Crippen molar-refractivity contribution >= 4 is 12.1 Å². The molecule has 0 aromatic heterocycles. The third-order valence-electron chi connectivity index (χ3n) is 7.76. The Morgan fingerprint density at radius 2 is 1.83 bits per heavy atom. The van der Waals surface area contributed by atoms with Crippen molar-refractivity contribution in [1.29, 1.82) is 0 Å². The molecular formula is C27H31F2N3O4. The van der Waals surface area contributed by atoms with Gasteiger partial charge in [-0.2, -0.15) is 0 Å². The van der Waals surface area contributed by atoms with Crippen molar-refractivity contribution < 1.29 is 27.8 Å². The zero-order chi connectivity index (χ0) is 25.2. The lowest BCUT2D eigenvalue weighted by Crippen LogP contribution is -2.47. The number of amides is 3. The number of likely N-dealkylation sites (tertiary alicyclic amines) is 1. The van der Waals surface area contributed by atoms with E-state index < -0.39 is 29.8 Å². The molecule has 2 aromatic carbocycles. The number of ether oxygens (including phenoxy) is 2. The molecule has 7 nitrogen and oxygen atoms in total. The molecule has 3 aliphatic rings. The minimum absolute atomic E-state index is 0.0937. The number of imide groups is 1. The summed E-state index contributed by atoms with van der Waals surface area (Å²) >= 11 is 0. The summed E-state index contributed by atoms with van der Waals surface area (Å²) in [5, 5.41) is 2.96. The minimum Gasteiger partial charge on any atom is -0.496 e. The SMILES string of the molecule is COc1ccccc1C1CCC(N2CCC(NC(=O)N3C(=O)OCC3c3ccc(F)c(F)c3)C2)CC1. The molecule has 1 N–H and O–H groups in total. The van der Waals surface area contributed by atoms with Crippen LogP contribution in [0.15, 0.2) is 42.5 Å². The molecule has 1 saturated carbocycles. The first-order valence-electron chi connectivity index (χ1n) is 12.5. The van der Waals surface area contributed by atoms with Crippen molar-refractivity contribution in [3.63, 3.8) is 0 Å². The lowest BCUT2D eigenvalue weighted by molar-refractivity contribution is 0.155. The Labute approximate surface area is 209 Å². The largest absolute Gasteiger partial charge is 0.496 e. The maximum atomic E-state index is 13.7. The molecular weight excluding hydrogens is 468 g/mol. The summed E-state index contributed by atoms with van der Waals surface area (Å²) in [6.45, 7) is 1.50. The number of urea groups is 1. The predicted octanol–water partition coefficient (Wildman–Crippen LogP) is 4.98. The van der Waals surface area contributed by atoms with Crippen LogP contribution in [0, 0.1) is 11.6 Å². The number of carbonyl (C=O) groups excluding carboxylic acids is 2. The zero-order valence-corrected chi connectivity index (χ0v) is 20.3. The fourth-order valence-corrected chi connectivity index (χ4v) is 5.85. The fraction of sp³-hybridized carbons (Fsp3) is 0.481. The van der Waals surface area contributed by atoms with Crippen LogP contribution in [0.5, 0.6) is 5.75 Å². The number of benzene rings is 2. The van der Waals surface area contributed by atoms with Gasteiger partial charge in [-0.25, -0.2) is 23.3 Å². The average Bonchev–Trinajstić information content (AvgIpc) is 3.52. The third kappa shape index (κ3) is 4.89. The number of rotatable bonds is 5. The van der Waals surface area contributed by atoms with Crippen molar-refractivity contribution in [3.05, 3.63) is 65.2 Å². The van der Waals surface area contributed by atoms with Gasteiger partial charge >= 0.3 is 12.1 Å². The summed E-state index contributed by atoms with van der Waals surface area (Å²) in [6.07, 6.45) is 4.35. The summed E-state index contributed by atoms with van der Waals surface area (Å²) in [7, 11) is 1.71. The van der Waals surface area contributed by atoms with Crippen molar-refractivity contribution in [2.45, 2.75) is 56.1 Å². The van der Waals surface area contributed by atoms with Gasteiger partial charge in [-0.1, -0.05) is 24.3 Å². The highest BCUT2D eigenvalue weighted by Gasteiger charge is 2.41. The van der Waals surface area contributed by atoms with Crippen molar-refractivity contribution in [1.82, 2.24) is 15.1 Å². The predicted molar refractivity (Wildman–Crippen MR) is 129 cm³/mol. The Bertz CT molecular complexity index is 1120. The van der Waals surface area contributed by atoms with Gasteiger partial charge in [-0.3, -0.25) is 4.90 Å². The maximum Gasteiger partial charge on any atom is 0.418 e. The first-order chi connectivity index (χ1) is 17.4. The highest BCUT2D eigenvalue weighted by atomic mass is 19.2. The molecule has 5 rings (SSSR count). The second-order valence-corrected chi connectivity index (χ2v) is 9.81. The van der Waals surface area contributed by atoms with E-state index in [4.69, 9.17) is 9.47 Å². The van der Waals surface area contributed by atoms with Crippen LogP contribution < -0.4 is 10.1 Å². The number of cyclic esters (lactones) is 1. The van der Waals surface area contributed by atoms with E-state index in [1.165, 1.54) is 11.6 Å². The number of methoxy groups -OCH3 is 1. The smallest absolute Gasteiger partial charge is 0.418 e. The van der Waals surface area contributed by atoms with E-state index in [-0.39, 0.29) is 12.6 Å². The van der Waals surface area contributed by atoms with E-state index in [1.54, 1.807) is 7.11 Å². The molecule has 3 fully saturated rings. The van der Waals surface area contributed by atoms with Gasteiger partial charge in [0.2, 0.25) is 0 Å². The number of hydrogen-bond donors (Lipinski definition) is 1. The van der Waals surface area contributed by atoms with Crippen molar-refractivity contribution in [3.8, 4) is 5.75 Å². The quantitative estimate of drug-likeness (QED) is 0.629. The Balaban J connectivity index is 1.16. The van der Waals surface area contributed by atoms with Gasteiger partial charge < -0.3 is 14.8 Å². The first kappa shape index (κ1) is 24.5. The van der Waals surface area contributed by atoms with Crippen LogP contribution in [0.1, 0.15) is 55.2 Å². The number of carbonyl (C=O) groups is 2. The van der Waals surface area contributed by atoms with Crippen LogP contribution in [0.25, 0.3) is 0 Å². The fourth-order valence-electron chi connectivity index (χ4n) is 5.85. The number of nitrogens with one attached hydrogen (secondary N) is 1. The lowest BCUT2D eigenvalue weighted by atomic mass is 9.81. The number of para-hydroxylation sites is 1. The number of halogens is 2. The Hall–Kier alpha value is -3.20. The Morgan fingerprint density at radius 3 is 2.58 bits per heavy atom. The molecule has 192 valence electrons. The van der Waals surface area contributed by atoms with Crippen LogP contribution >= 0.6 is 0 Å². The Kier molecular flexibility index (Phi) is 7.09. The summed E-state index contributed by atoms with van der Waals surface area (Å²) in [6, 6.07) is 10.6. The van der Waals surface area contributed by atoms with Crippen molar-refractivity contribution in [2.24, 2.45) is 0 Å². The van der Waals surface area contributed by atoms with Gasteiger partial charge in [0.15, 0.2) is 11.6 Å². The first-order valence-corrected chi connectivity index (χ1v) is 12.5. The maximum absolute atomic E-state index is 13.7. The number of hydrogen-bond acceptors (Lipinski definition) is 5. The van der Waals surface area contributed by atoms with Gasteiger partial charge in [0.1, 0.15) is 18.4 Å². The molecule has 3 amide bonds. The van der Waals surface area contributed by atoms with Gasteiger partial charge in [0.25, 0.3) is 0 Å². The summed E-state index contributed by atoms with van der Waals surface area (Å²) in [5.74, 6) is -0.570. The molecule has 0 radical (unpaired) electrons. The van der Waals surface area contributed by atoms with Crippen molar-refractivity contribution in [2.75, 3.05) is 26.8 Å². The molecule has 2 saturated heterocycles. The van der Waals surface area contributed by atoms with E-state index >= 15 is 0 Å². The second-order valence-electron chi connectivity index (χ2n) is 9.81. The van der Waals surface area contributed by atoms with E-state index in [1.807, 2.05) is 12.1 Å². The molecule has 2 unspecified atom stereocenters. The summed E-state index contributed by atoms with van der Waals surface area (Å²) < 4.78 is 37.7. The molecule has 0 spiro atoms. The topological polar surface area (TPSA) is 71.1 Å². The molecule has 0 bridgehead atoms. The van der Waals surface area contributed by atoms with Crippen LogP contribution in [-0.2, 0) is 4.74 Å². The molecule has 2 heterocycles. The van der Waals surface area contributed by atoms with Crippen LogP contribution in [0.2, 0.25) is 0 Å². The standard InChI is InChI=1S/C27H31F2N3O4/c1-35-25-5-3-2-4-21(25)17-6-9-20(10-7-17)31-13-12-19(15-31)30-26(33)32-24(16-36-27(32)34)18-8-11-22(28)23(29)14-18/h2-5,8,11,14,17,19-20,24H,6-7,9-10,12-13,15-16H2,1H3,(H,30,33). The van der Waals surface area contributed by atoms with E-state index in [2.05, 4.69) is 22.3 Å². The number of nitrogens with zero attached hydrogens (tertiary/aromatic N) is 2. The summed E-state index contributed by atoms with van der Waals surface area (Å²) in [4.78, 5) is 28.7. The van der Waals surface area contributed by atoms with Crippen LogP contribution in [-0.4, -0.2) is 60.8 Å². The lowest BCUT2D eigenvalue weighted by Gasteiger charge is -2.35. The normalized spacial score (nSPS) is 26.6. The zero-order valence-electron chi connectivity index (χ0n) is 20.3. The van der Waals surface area contributed by atoms with Gasteiger partial charge in [0, 0.05) is 25.2 Å². The van der Waals surface area contributed by atoms with E-state index in [0.29, 0.717) is 24.1 Å². The minimum atomic E-state index is -1.03. The Morgan fingerprint density at radius 1 is 1.06 bits per heavy atom. The molecule has 1 aliphatic carbocycles. The summed E-state index contributed by atoms with van der Waals surface area (Å²) in [5.41, 5.74) is 1.59. The van der Waals surface area contributed by atoms with Gasteiger partial charge in [-0.05, 0) is 67.3 Å². The highest BCUT2D eigenvalue weighted by Crippen LogP contribution is 2.39. The average molecular weight is 500 g/mol. The molecule has 2 aromatic rings. The highest BCUT2D eigenvalue weighted by molar-refractivity contribution is 5.92. The van der Waals surface area contributed by atoms with Crippen LogP contribution in [0.3, 0.4) is 0 Å². The molecule has 2 aliphatic heterocycles. The molecule has 9 heteroatoms. The van der Waals surface area contributed by atoms with E-state index in [0.717, 1.165) is 61.4 Å². The van der Waals surface area contributed by atoms with Gasteiger partial charge in [-0.15, -0.1) is 0 Å². The van der Waals surface area contributed by atoms with Crippen LogP contribution in [0.4, 0.5) is 18.4 Å². The molecule has 2 atom stereocenters. The third-order valence-corrected chi connectivity index (χ3v) is 7.76. The second kappa shape index (κ2) is 10.4. The monoisotopic (exact) mass is 499 g/mol. The molecule has 36 heavy (non-hydrogen) atoms. The van der Waals surface area contributed by atoms with Gasteiger partial charge in [0.05, 0.1) is 7.11 Å². The van der Waals surface area contributed by atoms with E-state index in [9.17, 15) is 18.4 Å².